The number of hydrogen-bond acceptors (Lipinski definition) is 4. The summed E-state index contributed by atoms with van der Waals surface area (Å²) < 4.78 is 5.24. The van der Waals surface area contributed by atoms with Crippen LogP contribution in [0.1, 0.15) is 32.1 Å². The van der Waals surface area contributed by atoms with Crippen molar-refractivity contribution in [2.24, 2.45) is 0 Å². The molecule has 0 saturated carbocycles. The second kappa shape index (κ2) is 2.45. The molecule has 0 aromatic rings. The van der Waals surface area contributed by atoms with Gasteiger partial charge in [-0.1, -0.05) is 0 Å². The summed E-state index contributed by atoms with van der Waals surface area (Å²) in [6, 6.07) is 0.492. The highest BCUT2D eigenvalue weighted by Gasteiger charge is 2.53. The quantitative estimate of drug-likeness (QED) is 0.521. The third-order valence-corrected chi connectivity index (χ3v) is 3.16. The maximum atomic E-state index is 11.0. The van der Waals surface area contributed by atoms with Crippen molar-refractivity contribution in [1.82, 2.24) is 5.06 Å². The Bertz CT molecular complexity index is 241. The number of esters is 1. The first-order chi connectivity index (χ1) is 6.27. The molecule has 3 rings (SSSR count). The molecule has 3 saturated heterocycles. The Morgan fingerprint density at radius 3 is 3.15 bits per heavy atom. The van der Waals surface area contributed by atoms with Crippen molar-refractivity contribution in [3.05, 3.63) is 0 Å². The molecule has 0 aromatic heterocycles. The van der Waals surface area contributed by atoms with E-state index in [0.717, 1.165) is 19.4 Å². The van der Waals surface area contributed by atoms with E-state index < -0.39 is 5.79 Å². The van der Waals surface area contributed by atoms with Crippen molar-refractivity contribution >= 4 is 5.97 Å². The van der Waals surface area contributed by atoms with E-state index in [-0.39, 0.29) is 5.97 Å². The molecule has 0 radical (unpaired) electrons. The van der Waals surface area contributed by atoms with Crippen LogP contribution in [-0.2, 0) is 14.4 Å². The Labute approximate surface area is 76.7 Å². The van der Waals surface area contributed by atoms with Crippen LogP contribution in [0.3, 0.4) is 0 Å². The number of hydrogen-bond donors (Lipinski definition) is 0. The standard InChI is InChI=1S/C9H13NO3/c11-8-3-4-9(12-8)6-7-2-1-5-10(7)13-9/h7H,1-6H2/t7-,9-/m1/s1. The average molecular weight is 183 g/mol. The zero-order valence-electron chi connectivity index (χ0n) is 7.49. The maximum absolute atomic E-state index is 11.0. The molecule has 3 aliphatic heterocycles. The number of carbonyl (C=O) groups excluding carboxylic acids is 1. The lowest BCUT2D eigenvalue weighted by molar-refractivity contribution is -0.276. The fraction of sp³-hybridized carbons (Fsp3) is 0.889. The van der Waals surface area contributed by atoms with Crippen LogP contribution in [-0.4, -0.2) is 29.4 Å². The molecule has 72 valence electrons. The normalized spacial score (nSPS) is 44.3. The van der Waals surface area contributed by atoms with E-state index >= 15 is 0 Å². The molecule has 4 nitrogen and oxygen atoms in total. The minimum Gasteiger partial charge on any atom is -0.431 e. The molecule has 2 atom stereocenters. The summed E-state index contributed by atoms with van der Waals surface area (Å²) in [4.78, 5) is 16.7. The van der Waals surface area contributed by atoms with E-state index in [4.69, 9.17) is 9.57 Å². The first-order valence-electron chi connectivity index (χ1n) is 4.95. The minimum absolute atomic E-state index is 0.110. The number of nitrogens with zero attached hydrogens (tertiary/aromatic N) is 1. The van der Waals surface area contributed by atoms with Crippen LogP contribution < -0.4 is 0 Å². The number of ether oxygens (including phenoxy) is 1. The lowest BCUT2D eigenvalue weighted by Crippen LogP contribution is -2.30. The van der Waals surface area contributed by atoms with Crippen LogP contribution in [0.2, 0.25) is 0 Å². The minimum atomic E-state index is -0.567. The van der Waals surface area contributed by atoms with Gasteiger partial charge in [0.2, 0.25) is 5.79 Å². The van der Waals surface area contributed by atoms with Gasteiger partial charge in [-0.2, -0.15) is 5.06 Å². The molecule has 4 heteroatoms. The number of fused-ring (bicyclic) bond motifs is 1. The summed E-state index contributed by atoms with van der Waals surface area (Å²) in [6.45, 7) is 0.990. The van der Waals surface area contributed by atoms with Gasteiger partial charge in [0.25, 0.3) is 0 Å². The summed E-state index contributed by atoms with van der Waals surface area (Å²) in [5.41, 5.74) is 0. The van der Waals surface area contributed by atoms with Crippen LogP contribution in [0.4, 0.5) is 0 Å². The van der Waals surface area contributed by atoms with Gasteiger partial charge < -0.3 is 4.74 Å². The van der Waals surface area contributed by atoms with E-state index in [1.807, 2.05) is 5.06 Å². The smallest absolute Gasteiger partial charge is 0.308 e. The first kappa shape index (κ1) is 7.76. The van der Waals surface area contributed by atoms with E-state index in [1.54, 1.807) is 0 Å². The fourth-order valence-electron chi connectivity index (χ4n) is 2.55. The topological polar surface area (TPSA) is 38.8 Å². The largest absolute Gasteiger partial charge is 0.431 e. The molecule has 0 bridgehead atoms. The molecule has 1 spiro atoms. The van der Waals surface area contributed by atoms with Crippen LogP contribution in [0.15, 0.2) is 0 Å². The van der Waals surface area contributed by atoms with Crippen LogP contribution in [0.25, 0.3) is 0 Å². The van der Waals surface area contributed by atoms with Crippen LogP contribution in [0.5, 0.6) is 0 Å². The van der Waals surface area contributed by atoms with E-state index in [0.29, 0.717) is 12.5 Å². The zero-order valence-corrected chi connectivity index (χ0v) is 7.49. The van der Waals surface area contributed by atoms with Gasteiger partial charge in [0.15, 0.2) is 0 Å². The Balaban J connectivity index is 1.78. The monoisotopic (exact) mass is 183 g/mol. The summed E-state index contributed by atoms with van der Waals surface area (Å²) in [5, 5.41) is 2.00. The molecule has 3 fully saturated rings. The number of hydroxylamine groups is 2. The van der Waals surface area contributed by atoms with Gasteiger partial charge in [0, 0.05) is 25.4 Å². The molecule has 13 heavy (non-hydrogen) atoms. The molecule has 0 N–H and O–H groups in total. The zero-order chi connectivity index (χ0) is 8.89. The molecular weight excluding hydrogens is 170 g/mol. The summed E-state index contributed by atoms with van der Waals surface area (Å²) >= 11 is 0. The predicted octanol–water partition coefficient (Wildman–Crippen LogP) is 0.819. The van der Waals surface area contributed by atoms with E-state index in [2.05, 4.69) is 0 Å². The van der Waals surface area contributed by atoms with Crippen molar-refractivity contribution in [3.8, 4) is 0 Å². The van der Waals surface area contributed by atoms with Crippen LogP contribution in [0, 0.1) is 0 Å². The second-order valence-electron chi connectivity index (χ2n) is 4.12. The SMILES string of the molecule is O=C1CC[C@@]2(C[C@H]3CCCN3O2)O1. The van der Waals surface area contributed by atoms with Crippen molar-refractivity contribution in [2.45, 2.75) is 43.9 Å². The lowest BCUT2D eigenvalue weighted by atomic mass is 10.0. The predicted molar refractivity (Wildman–Crippen MR) is 43.5 cm³/mol. The second-order valence-corrected chi connectivity index (χ2v) is 4.12. The average Bonchev–Trinajstić information content (AvgIpc) is 2.67. The van der Waals surface area contributed by atoms with Crippen molar-refractivity contribution in [1.29, 1.82) is 0 Å². The molecule has 0 amide bonds. The van der Waals surface area contributed by atoms with Gasteiger partial charge in [0.1, 0.15) is 0 Å². The van der Waals surface area contributed by atoms with E-state index in [9.17, 15) is 4.79 Å². The molecule has 0 aliphatic carbocycles. The third kappa shape index (κ3) is 1.09. The highest BCUT2D eigenvalue weighted by molar-refractivity contribution is 5.72. The molecule has 0 unspecified atom stereocenters. The lowest BCUT2D eigenvalue weighted by Gasteiger charge is -2.21. The van der Waals surface area contributed by atoms with Gasteiger partial charge in [0.05, 0.1) is 6.42 Å². The number of rotatable bonds is 0. The summed E-state index contributed by atoms with van der Waals surface area (Å²) in [6.07, 6.45) is 4.51. The molecule has 0 aromatic carbocycles. The van der Waals surface area contributed by atoms with Gasteiger partial charge >= 0.3 is 5.97 Å². The highest BCUT2D eigenvalue weighted by Crippen LogP contribution is 2.43. The Hall–Kier alpha value is -0.610. The maximum Gasteiger partial charge on any atom is 0.308 e. The molecule has 3 heterocycles. The number of carbonyl (C=O) groups is 1. The molecular formula is C9H13NO3. The fourth-order valence-corrected chi connectivity index (χ4v) is 2.55. The van der Waals surface area contributed by atoms with Gasteiger partial charge in [-0.05, 0) is 12.8 Å². The van der Waals surface area contributed by atoms with Crippen molar-refractivity contribution in [3.63, 3.8) is 0 Å². The Morgan fingerprint density at radius 2 is 2.46 bits per heavy atom. The summed E-state index contributed by atoms with van der Waals surface area (Å²) in [5.74, 6) is -0.677. The van der Waals surface area contributed by atoms with Crippen molar-refractivity contribution < 1.29 is 14.4 Å². The Morgan fingerprint density at radius 1 is 1.54 bits per heavy atom. The Kier molecular flexibility index (Phi) is 1.46. The van der Waals surface area contributed by atoms with E-state index in [1.165, 1.54) is 12.8 Å². The summed E-state index contributed by atoms with van der Waals surface area (Å²) in [7, 11) is 0. The van der Waals surface area contributed by atoms with Gasteiger partial charge in [-0.15, -0.1) is 0 Å². The van der Waals surface area contributed by atoms with Gasteiger partial charge in [-0.25, -0.2) is 0 Å². The first-order valence-corrected chi connectivity index (χ1v) is 4.95. The van der Waals surface area contributed by atoms with Gasteiger partial charge in [-0.3, -0.25) is 9.63 Å². The van der Waals surface area contributed by atoms with Crippen LogP contribution >= 0.6 is 0 Å². The molecule has 3 aliphatic rings. The highest BCUT2D eigenvalue weighted by atomic mass is 16.8. The third-order valence-electron chi connectivity index (χ3n) is 3.16. The van der Waals surface area contributed by atoms with Crippen molar-refractivity contribution in [2.75, 3.05) is 6.54 Å².